The molecule has 0 aliphatic carbocycles. The molecule has 0 saturated heterocycles. The number of β-amino-alcohol motifs (C(OH)–C–C–N with tert-alkyl or cyclic N) is 1. The molecule has 4 heteroatoms. The maximum Gasteiger partial charge on any atom is 0.316 e. The molecule has 2 heterocycles. The van der Waals surface area contributed by atoms with Crippen molar-refractivity contribution in [2.45, 2.75) is 45.3 Å². The first-order valence-corrected chi connectivity index (χ1v) is 10.7. The zero-order chi connectivity index (χ0) is 19.2. The third-order valence-corrected chi connectivity index (χ3v) is 6.86. The number of hydrogen-bond acceptors (Lipinski definition) is 3. The molecule has 1 atom stereocenters. The number of amidine groups is 1. The summed E-state index contributed by atoms with van der Waals surface area (Å²) in [5, 5.41) is 13.0. The Morgan fingerprint density at radius 2 is 1.78 bits per heavy atom. The van der Waals surface area contributed by atoms with Gasteiger partial charge in [-0.2, -0.15) is 0 Å². The number of thioether (sulfide) groups is 1. The van der Waals surface area contributed by atoms with Crippen LogP contribution in [0.4, 0.5) is 5.69 Å². The number of anilines is 1. The van der Waals surface area contributed by atoms with Crippen LogP contribution < -0.4 is 4.90 Å². The molecule has 0 fully saturated rings. The van der Waals surface area contributed by atoms with E-state index < -0.39 is 5.72 Å². The number of rotatable bonds is 2. The van der Waals surface area contributed by atoms with Gasteiger partial charge in [0.1, 0.15) is 5.69 Å². The maximum absolute atomic E-state index is 11.8. The summed E-state index contributed by atoms with van der Waals surface area (Å²) < 4.78 is 2.21. The van der Waals surface area contributed by atoms with E-state index in [1.807, 2.05) is 11.8 Å². The predicted octanol–water partition coefficient (Wildman–Crippen LogP) is 4.46. The van der Waals surface area contributed by atoms with Crippen molar-refractivity contribution in [1.82, 2.24) is 0 Å². The molecule has 0 radical (unpaired) electrons. The Kier molecular flexibility index (Phi) is 4.59. The maximum atomic E-state index is 11.8. The predicted molar refractivity (Wildman–Crippen MR) is 115 cm³/mol. The Hall–Kier alpha value is -1.78. The van der Waals surface area contributed by atoms with Crippen molar-refractivity contribution in [3.63, 3.8) is 0 Å². The SMILES string of the molecule is Cc1ccccc1N1C[C@](O)(c2ccc(C(C)(C)C)cc2)[N+]2=C1SCCC2. The van der Waals surface area contributed by atoms with E-state index >= 15 is 0 Å². The molecule has 0 amide bonds. The van der Waals surface area contributed by atoms with Gasteiger partial charge in [0.2, 0.25) is 0 Å². The van der Waals surface area contributed by atoms with Crippen molar-refractivity contribution >= 4 is 22.6 Å². The lowest BCUT2D eigenvalue weighted by Crippen LogP contribution is -2.41. The molecule has 2 aromatic carbocycles. The van der Waals surface area contributed by atoms with Crippen LogP contribution in [0.5, 0.6) is 0 Å². The van der Waals surface area contributed by atoms with Gasteiger partial charge in [-0.15, -0.1) is 0 Å². The fourth-order valence-electron chi connectivity index (χ4n) is 4.04. The molecule has 0 bridgehead atoms. The van der Waals surface area contributed by atoms with Crippen LogP contribution in [0.15, 0.2) is 48.5 Å². The Morgan fingerprint density at radius 3 is 2.44 bits per heavy atom. The van der Waals surface area contributed by atoms with Gasteiger partial charge in [-0.05, 0) is 47.7 Å². The first-order chi connectivity index (χ1) is 12.8. The van der Waals surface area contributed by atoms with Crippen molar-refractivity contribution < 1.29 is 9.68 Å². The molecule has 0 unspecified atom stereocenters. The van der Waals surface area contributed by atoms with Gasteiger partial charge in [-0.25, -0.2) is 9.48 Å². The lowest BCUT2D eigenvalue weighted by Gasteiger charge is -2.26. The number of aryl methyl sites for hydroxylation is 1. The van der Waals surface area contributed by atoms with Gasteiger partial charge in [-0.3, -0.25) is 0 Å². The fraction of sp³-hybridized carbons (Fsp3) is 0.435. The average Bonchev–Trinajstić information content (AvgIpc) is 2.96. The lowest BCUT2D eigenvalue weighted by atomic mass is 9.86. The van der Waals surface area contributed by atoms with Crippen molar-refractivity contribution in [2.75, 3.05) is 23.7 Å². The van der Waals surface area contributed by atoms with E-state index in [0.717, 1.165) is 24.3 Å². The van der Waals surface area contributed by atoms with Crippen LogP contribution in [-0.2, 0) is 11.1 Å². The van der Waals surface area contributed by atoms with Crippen LogP contribution in [0.1, 0.15) is 43.9 Å². The van der Waals surface area contributed by atoms with Crippen LogP contribution in [0.3, 0.4) is 0 Å². The first kappa shape index (κ1) is 18.6. The second-order valence-electron chi connectivity index (χ2n) is 8.65. The van der Waals surface area contributed by atoms with Gasteiger partial charge in [0.15, 0.2) is 6.54 Å². The van der Waals surface area contributed by atoms with Gasteiger partial charge >= 0.3 is 5.17 Å². The van der Waals surface area contributed by atoms with Crippen LogP contribution in [0.2, 0.25) is 0 Å². The van der Waals surface area contributed by atoms with E-state index in [4.69, 9.17) is 0 Å². The number of benzene rings is 2. The van der Waals surface area contributed by atoms with Gasteiger partial charge in [0.05, 0.1) is 6.54 Å². The minimum Gasteiger partial charge on any atom is -0.346 e. The molecule has 0 aromatic heterocycles. The smallest absolute Gasteiger partial charge is 0.316 e. The molecule has 2 aliphatic heterocycles. The zero-order valence-corrected chi connectivity index (χ0v) is 17.5. The summed E-state index contributed by atoms with van der Waals surface area (Å²) in [6.45, 7) is 10.3. The number of hydrogen-bond donors (Lipinski definition) is 1. The minimum atomic E-state index is -0.985. The molecule has 4 rings (SSSR count). The lowest BCUT2D eigenvalue weighted by molar-refractivity contribution is -0.656. The number of para-hydroxylation sites is 1. The van der Waals surface area contributed by atoms with Crippen molar-refractivity contribution in [3.8, 4) is 0 Å². The fourth-order valence-corrected chi connectivity index (χ4v) is 5.21. The van der Waals surface area contributed by atoms with E-state index in [1.54, 1.807) is 0 Å². The molecule has 2 aliphatic rings. The van der Waals surface area contributed by atoms with Gasteiger partial charge < -0.3 is 5.11 Å². The standard InChI is InChI=1S/C23H29N2OS/c1-17-8-5-6-9-20(17)24-16-23(26,25-14-7-15-27-21(24)25)19-12-10-18(11-13-19)22(2,3)4/h5-6,8-13,26H,7,14-16H2,1-4H3/q+1/t23-/m0/s1. The van der Waals surface area contributed by atoms with E-state index in [0.29, 0.717) is 6.54 Å². The Bertz CT molecular complexity index is 882. The van der Waals surface area contributed by atoms with E-state index in [2.05, 4.69) is 85.7 Å². The van der Waals surface area contributed by atoms with Gasteiger partial charge in [0, 0.05) is 11.3 Å². The molecule has 0 spiro atoms. The molecule has 3 nitrogen and oxygen atoms in total. The summed E-state index contributed by atoms with van der Waals surface area (Å²) in [5.74, 6) is 1.10. The van der Waals surface area contributed by atoms with Crippen LogP contribution in [0, 0.1) is 6.92 Å². The summed E-state index contributed by atoms with van der Waals surface area (Å²) in [4.78, 5) is 2.30. The molecule has 0 saturated carbocycles. The Balaban J connectivity index is 1.77. The highest BCUT2D eigenvalue weighted by atomic mass is 32.2. The second-order valence-corrected chi connectivity index (χ2v) is 9.71. The largest absolute Gasteiger partial charge is 0.346 e. The number of nitrogens with zero attached hydrogens (tertiary/aromatic N) is 2. The summed E-state index contributed by atoms with van der Waals surface area (Å²) in [7, 11) is 0. The molecule has 142 valence electrons. The van der Waals surface area contributed by atoms with Crippen molar-refractivity contribution in [2.24, 2.45) is 0 Å². The summed E-state index contributed by atoms with van der Waals surface area (Å²) in [6, 6.07) is 17.0. The van der Waals surface area contributed by atoms with Gasteiger partial charge in [0.25, 0.3) is 5.72 Å². The monoisotopic (exact) mass is 381 g/mol. The second kappa shape index (κ2) is 6.68. The molecular weight excluding hydrogens is 352 g/mol. The zero-order valence-electron chi connectivity index (χ0n) is 16.7. The van der Waals surface area contributed by atoms with Crippen molar-refractivity contribution in [3.05, 3.63) is 65.2 Å². The molecule has 2 aromatic rings. The van der Waals surface area contributed by atoms with Crippen molar-refractivity contribution in [1.29, 1.82) is 0 Å². The highest BCUT2D eigenvalue weighted by Gasteiger charge is 2.53. The Morgan fingerprint density at radius 1 is 1.07 bits per heavy atom. The topological polar surface area (TPSA) is 26.5 Å². The highest BCUT2D eigenvalue weighted by Crippen LogP contribution is 2.39. The molecule has 27 heavy (non-hydrogen) atoms. The third-order valence-electron chi connectivity index (χ3n) is 5.66. The molecular formula is C23H29N2OS+. The first-order valence-electron chi connectivity index (χ1n) is 9.75. The summed E-state index contributed by atoms with van der Waals surface area (Å²) in [5.41, 5.74) is 3.83. The van der Waals surface area contributed by atoms with E-state index in [9.17, 15) is 5.11 Å². The summed E-state index contributed by atoms with van der Waals surface area (Å²) in [6.07, 6.45) is 1.10. The number of aliphatic hydroxyl groups is 1. The summed E-state index contributed by atoms with van der Waals surface area (Å²) >= 11 is 1.86. The molecule has 1 N–H and O–H groups in total. The quantitative estimate of drug-likeness (QED) is 0.778. The van der Waals surface area contributed by atoms with E-state index in [-0.39, 0.29) is 5.41 Å². The minimum absolute atomic E-state index is 0.113. The van der Waals surface area contributed by atoms with E-state index in [1.165, 1.54) is 22.0 Å². The van der Waals surface area contributed by atoms with Crippen LogP contribution >= 0.6 is 11.8 Å². The normalized spacial score (nSPS) is 22.9. The van der Waals surface area contributed by atoms with Crippen LogP contribution in [-0.4, -0.2) is 33.7 Å². The third kappa shape index (κ3) is 3.19. The van der Waals surface area contributed by atoms with Crippen LogP contribution in [0.25, 0.3) is 0 Å². The highest BCUT2D eigenvalue weighted by molar-refractivity contribution is 8.13. The van der Waals surface area contributed by atoms with Gasteiger partial charge in [-0.1, -0.05) is 63.2 Å². The average molecular weight is 382 g/mol. The Labute approximate surface area is 166 Å².